The van der Waals surface area contributed by atoms with Gasteiger partial charge in [0, 0.05) is 24.8 Å². The molecule has 7 heteroatoms. The maximum absolute atomic E-state index is 10.9. The van der Waals surface area contributed by atoms with Gasteiger partial charge in [0.2, 0.25) is 0 Å². The zero-order valence-electron chi connectivity index (χ0n) is 11.1. The molecular formula is C13H16N2O5. The third-order valence-corrected chi connectivity index (χ3v) is 3.61. The summed E-state index contributed by atoms with van der Waals surface area (Å²) in [5.74, 6) is -1.31. The molecule has 2 rings (SSSR count). The van der Waals surface area contributed by atoms with E-state index in [1.54, 1.807) is 13.0 Å². The van der Waals surface area contributed by atoms with Gasteiger partial charge in [0.05, 0.1) is 10.5 Å². The number of nitro benzene ring substituents is 1. The zero-order chi connectivity index (χ0) is 14.9. The van der Waals surface area contributed by atoms with Crippen molar-refractivity contribution in [3.63, 3.8) is 0 Å². The number of hydrogen-bond donors (Lipinski definition) is 2. The van der Waals surface area contributed by atoms with Gasteiger partial charge in [-0.15, -0.1) is 0 Å². The smallest absolute Gasteiger partial charge is 0.342 e. The quantitative estimate of drug-likeness (QED) is 0.644. The molecular weight excluding hydrogens is 264 g/mol. The average Bonchev–Trinajstić information content (AvgIpc) is 2.37. The Morgan fingerprint density at radius 2 is 2.00 bits per heavy atom. The van der Waals surface area contributed by atoms with E-state index in [4.69, 9.17) is 5.11 Å². The minimum atomic E-state index is -1.31. The largest absolute Gasteiger partial charge is 0.477 e. The van der Waals surface area contributed by atoms with Crippen molar-refractivity contribution in [3.8, 4) is 0 Å². The van der Waals surface area contributed by atoms with Crippen molar-refractivity contribution in [2.24, 2.45) is 0 Å². The highest BCUT2D eigenvalue weighted by atomic mass is 16.6. The summed E-state index contributed by atoms with van der Waals surface area (Å²) in [6, 6.07) is 4.10. The van der Waals surface area contributed by atoms with Crippen LogP contribution in [0.2, 0.25) is 0 Å². The summed E-state index contributed by atoms with van der Waals surface area (Å²) in [4.78, 5) is 23.1. The van der Waals surface area contributed by atoms with Crippen LogP contribution in [0, 0.1) is 10.1 Å². The molecule has 1 aromatic carbocycles. The molecule has 7 nitrogen and oxygen atoms in total. The average molecular weight is 280 g/mol. The van der Waals surface area contributed by atoms with Crippen LogP contribution in [0.25, 0.3) is 0 Å². The predicted octanol–water partition coefficient (Wildman–Crippen LogP) is 1.64. The number of piperidine rings is 1. The molecule has 0 unspecified atom stereocenters. The number of carboxylic acid groups (broad SMARTS) is 1. The summed E-state index contributed by atoms with van der Waals surface area (Å²) in [6.45, 7) is 2.92. The minimum absolute atomic E-state index is 0.317. The van der Waals surface area contributed by atoms with Crippen LogP contribution < -0.4 is 4.90 Å². The molecule has 0 radical (unpaired) electrons. The fraction of sp³-hybridized carbons (Fsp3) is 0.462. The van der Waals surface area contributed by atoms with Crippen LogP contribution in [0.4, 0.5) is 11.4 Å². The lowest BCUT2D eigenvalue weighted by atomic mass is 9.93. The lowest BCUT2D eigenvalue weighted by Gasteiger charge is -2.37. The Balaban J connectivity index is 2.28. The first kappa shape index (κ1) is 14.3. The van der Waals surface area contributed by atoms with Gasteiger partial charge in [-0.25, -0.2) is 4.79 Å². The standard InChI is InChI=1S/C13H16N2O5/c1-13(18)4-6-14(7-5-13)9-2-3-10(12(16)17)11(8-9)15(19)20/h2-3,8,18H,4-7H2,1H3,(H,16,17). The lowest BCUT2D eigenvalue weighted by molar-refractivity contribution is -0.385. The highest BCUT2D eigenvalue weighted by Gasteiger charge is 2.29. The van der Waals surface area contributed by atoms with Crippen molar-refractivity contribution >= 4 is 17.3 Å². The number of aliphatic hydroxyl groups is 1. The van der Waals surface area contributed by atoms with Gasteiger partial charge in [-0.3, -0.25) is 10.1 Å². The van der Waals surface area contributed by atoms with Crippen LogP contribution in [0.1, 0.15) is 30.1 Å². The number of benzene rings is 1. The maximum atomic E-state index is 10.9. The van der Waals surface area contributed by atoms with Gasteiger partial charge in [-0.05, 0) is 31.9 Å². The van der Waals surface area contributed by atoms with Crippen molar-refractivity contribution in [3.05, 3.63) is 33.9 Å². The van der Waals surface area contributed by atoms with Crippen molar-refractivity contribution in [2.45, 2.75) is 25.4 Å². The summed E-state index contributed by atoms with van der Waals surface area (Å²) in [7, 11) is 0. The van der Waals surface area contributed by atoms with E-state index in [1.807, 2.05) is 4.90 Å². The Bertz CT molecular complexity index is 546. The third-order valence-electron chi connectivity index (χ3n) is 3.61. The SMILES string of the molecule is CC1(O)CCN(c2ccc(C(=O)O)c([N+](=O)[O-])c2)CC1. The number of carbonyl (C=O) groups is 1. The van der Waals surface area contributed by atoms with E-state index in [0.717, 1.165) is 0 Å². The number of aromatic carboxylic acids is 1. The summed E-state index contributed by atoms with van der Waals surface area (Å²) in [6.07, 6.45) is 1.14. The second-order valence-corrected chi connectivity index (χ2v) is 5.25. The first-order chi connectivity index (χ1) is 9.30. The molecule has 0 spiro atoms. The molecule has 0 aliphatic carbocycles. The molecule has 1 heterocycles. The molecule has 0 saturated carbocycles. The first-order valence-corrected chi connectivity index (χ1v) is 6.29. The molecule has 20 heavy (non-hydrogen) atoms. The lowest BCUT2D eigenvalue weighted by Crippen LogP contribution is -2.42. The second-order valence-electron chi connectivity index (χ2n) is 5.25. The van der Waals surface area contributed by atoms with Crippen LogP contribution in [0.5, 0.6) is 0 Å². The minimum Gasteiger partial charge on any atom is -0.477 e. The first-order valence-electron chi connectivity index (χ1n) is 6.29. The van der Waals surface area contributed by atoms with Crippen molar-refractivity contribution < 1.29 is 19.9 Å². The number of anilines is 1. The predicted molar refractivity (Wildman–Crippen MR) is 72.1 cm³/mol. The Hall–Kier alpha value is -2.15. The van der Waals surface area contributed by atoms with Crippen LogP contribution in [0.3, 0.4) is 0 Å². The van der Waals surface area contributed by atoms with E-state index in [0.29, 0.717) is 31.6 Å². The molecule has 0 aromatic heterocycles. The number of rotatable bonds is 3. The van der Waals surface area contributed by atoms with Gasteiger partial charge >= 0.3 is 5.97 Å². The molecule has 108 valence electrons. The van der Waals surface area contributed by atoms with E-state index in [1.165, 1.54) is 12.1 Å². The molecule has 0 bridgehead atoms. The van der Waals surface area contributed by atoms with Crippen LogP contribution >= 0.6 is 0 Å². The molecule has 1 fully saturated rings. The van der Waals surface area contributed by atoms with Gasteiger partial charge in [0.15, 0.2) is 0 Å². The molecule has 1 aliphatic rings. The highest BCUT2D eigenvalue weighted by Crippen LogP contribution is 2.30. The number of nitro groups is 1. The van der Waals surface area contributed by atoms with Gasteiger partial charge in [0.25, 0.3) is 5.69 Å². The van der Waals surface area contributed by atoms with Crippen LogP contribution in [-0.2, 0) is 0 Å². The van der Waals surface area contributed by atoms with E-state index < -0.39 is 22.2 Å². The van der Waals surface area contributed by atoms with E-state index in [-0.39, 0.29) is 5.56 Å². The number of carboxylic acids is 1. The van der Waals surface area contributed by atoms with E-state index in [9.17, 15) is 20.0 Å². The van der Waals surface area contributed by atoms with E-state index >= 15 is 0 Å². The zero-order valence-corrected chi connectivity index (χ0v) is 11.1. The summed E-state index contributed by atoms with van der Waals surface area (Å²) < 4.78 is 0. The Kier molecular flexibility index (Phi) is 3.63. The topological polar surface area (TPSA) is 104 Å². The fourth-order valence-corrected chi connectivity index (χ4v) is 2.30. The Labute approximate surface area is 115 Å². The molecule has 0 amide bonds. The monoisotopic (exact) mass is 280 g/mol. The fourth-order valence-electron chi connectivity index (χ4n) is 2.30. The normalized spacial score (nSPS) is 17.8. The molecule has 0 atom stereocenters. The van der Waals surface area contributed by atoms with Gasteiger partial charge in [0.1, 0.15) is 5.56 Å². The summed E-state index contributed by atoms with van der Waals surface area (Å²) >= 11 is 0. The third kappa shape index (κ3) is 2.88. The molecule has 1 aliphatic heterocycles. The molecule has 1 saturated heterocycles. The van der Waals surface area contributed by atoms with Crippen molar-refractivity contribution in [1.29, 1.82) is 0 Å². The summed E-state index contributed by atoms with van der Waals surface area (Å²) in [5.41, 5.74) is -0.823. The van der Waals surface area contributed by atoms with Crippen LogP contribution in [-0.4, -0.2) is 39.8 Å². The Morgan fingerprint density at radius 3 is 2.50 bits per heavy atom. The number of hydrogen-bond acceptors (Lipinski definition) is 5. The second kappa shape index (κ2) is 5.09. The highest BCUT2D eigenvalue weighted by molar-refractivity contribution is 5.93. The van der Waals surface area contributed by atoms with Crippen molar-refractivity contribution in [2.75, 3.05) is 18.0 Å². The van der Waals surface area contributed by atoms with Crippen LogP contribution in [0.15, 0.2) is 18.2 Å². The van der Waals surface area contributed by atoms with Crippen molar-refractivity contribution in [1.82, 2.24) is 0 Å². The van der Waals surface area contributed by atoms with Gasteiger partial charge in [-0.1, -0.05) is 0 Å². The molecule has 2 N–H and O–H groups in total. The number of nitrogens with zero attached hydrogens (tertiary/aromatic N) is 2. The van der Waals surface area contributed by atoms with Gasteiger partial charge < -0.3 is 15.1 Å². The molecule has 1 aromatic rings. The Morgan fingerprint density at radius 1 is 1.40 bits per heavy atom. The van der Waals surface area contributed by atoms with Gasteiger partial charge in [-0.2, -0.15) is 0 Å². The van der Waals surface area contributed by atoms with E-state index in [2.05, 4.69) is 0 Å². The maximum Gasteiger partial charge on any atom is 0.342 e. The summed E-state index contributed by atoms with van der Waals surface area (Å²) in [5, 5.41) is 29.8.